The Hall–Kier alpha value is -3.47. The number of pyridine rings is 1. The normalized spacial score (nSPS) is 10.9. The second-order valence-corrected chi connectivity index (χ2v) is 6.65. The van der Waals surface area contributed by atoms with Gasteiger partial charge >= 0.3 is 0 Å². The number of hydrogen-bond donors (Lipinski definition) is 0. The van der Waals surface area contributed by atoms with E-state index in [2.05, 4.69) is 17.2 Å². The third-order valence-corrected chi connectivity index (χ3v) is 4.49. The topological polar surface area (TPSA) is 51.0 Å². The zero-order valence-corrected chi connectivity index (χ0v) is 15.3. The second kappa shape index (κ2) is 7.03. The minimum absolute atomic E-state index is 0.0566. The third-order valence-electron chi connectivity index (χ3n) is 4.49. The Morgan fingerprint density at radius 1 is 1.00 bits per heavy atom. The molecule has 5 nitrogen and oxygen atoms in total. The van der Waals surface area contributed by atoms with Crippen molar-refractivity contribution in [2.24, 2.45) is 0 Å². The van der Waals surface area contributed by atoms with E-state index >= 15 is 0 Å². The molecule has 2 aromatic heterocycles. The van der Waals surface area contributed by atoms with Gasteiger partial charge in [0.15, 0.2) is 5.65 Å². The van der Waals surface area contributed by atoms with E-state index in [1.54, 1.807) is 25.2 Å². The first-order valence-corrected chi connectivity index (χ1v) is 8.81. The van der Waals surface area contributed by atoms with Crippen molar-refractivity contribution in [3.05, 3.63) is 84.1 Å². The highest BCUT2D eigenvalue weighted by molar-refractivity contribution is 6.06. The molecule has 0 spiro atoms. The Morgan fingerprint density at radius 3 is 2.33 bits per heavy atom. The van der Waals surface area contributed by atoms with Gasteiger partial charge in [0.1, 0.15) is 0 Å². The summed E-state index contributed by atoms with van der Waals surface area (Å²) in [6.07, 6.45) is 1.73. The summed E-state index contributed by atoms with van der Waals surface area (Å²) < 4.78 is 1.85. The minimum Gasteiger partial charge on any atom is -0.345 e. The lowest BCUT2D eigenvalue weighted by atomic mass is 10.1. The highest BCUT2D eigenvalue weighted by Gasteiger charge is 2.18. The maximum Gasteiger partial charge on any atom is 0.254 e. The van der Waals surface area contributed by atoms with Gasteiger partial charge in [-0.15, -0.1) is 0 Å². The fraction of sp³-hybridized carbons (Fsp3) is 0.136. The highest BCUT2D eigenvalue weighted by atomic mass is 16.2. The van der Waals surface area contributed by atoms with Crippen LogP contribution in [0.3, 0.4) is 0 Å². The van der Waals surface area contributed by atoms with Gasteiger partial charge in [0, 0.05) is 19.7 Å². The van der Waals surface area contributed by atoms with E-state index in [0.29, 0.717) is 17.8 Å². The number of hydrogen-bond acceptors (Lipinski definition) is 3. The van der Waals surface area contributed by atoms with Crippen LogP contribution in [0.5, 0.6) is 0 Å². The molecule has 0 atom stereocenters. The molecule has 0 aliphatic heterocycles. The van der Waals surface area contributed by atoms with E-state index in [4.69, 9.17) is 4.98 Å². The van der Waals surface area contributed by atoms with Gasteiger partial charge in [-0.1, -0.05) is 60.7 Å². The molecule has 5 heteroatoms. The summed E-state index contributed by atoms with van der Waals surface area (Å²) in [5.41, 5.74) is 4.20. The van der Waals surface area contributed by atoms with E-state index in [1.165, 1.54) is 0 Å². The molecule has 0 saturated heterocycles. The van der Waals surface area contributed by atoms with Crippen LogP contribution in [0.25, 0.3) is 22.3 Å². The Bertz CT molecular complexity index is 1090. The lowest BCUT2D eigenvalue weighted by Crippen LogP contribution is -2.22. The number of carbonyl (C=O) groups excluding carboxylic acids is 1. The number of benzene rings is 2. The lowest BCUT2D eigenvalue weighted by molar-refractivity contribution is 0.0829. The Kier molecular flexibility index (Phi) is 4.42. The molecule has 2 aromatic carbocycles. The van der Waals surface area contributed by atoms with Crippen molar-refractivity contribution in [1.82, 2.24) is 19.7 Å². The number of aromatic nitrogens is 3. The molecule has 0 aliphatic carbocycles. The van der Waals surface area contributed by atoms with Crippen molar-refractivity contribution < 1.29 is 4.79 Å². The fourth-order valence-corrected chi connectivity index (χ4v) is 3.09. The van der Waals surface area contributed by atoms with Crippen LogP contribution in [0.4, 0.5) is 0 Å². The van der Waals surface area contributed by atoms with E-state index in [9.17, 15) is 4.79 Å². The Labute approximate surface area is 157 Å². The molecule has 1 amide bonds. The molecule has 0 bridgehead atoms. The molecule has 134 valence electrons. The number of amides is 1. The van der Waals surface area contributed by atoms with Gasteiger partial charge in [0.25, 0.3) is 5.91 Å². The molecule has 27 heavy (non-hydrogen) atoms. The van der Waals surface area contributed by atoms with Crippen LogP contribution in [0.2, 0.25) is 0 Å². The molecule has 0 aliphatic rings. The average molecular weight is 356 g/mol. The summed E-state index contributed by atoms with van der Waals surface area (Å²) in [5, 5.41) is 5.28. The first kappa shape index (κ1) is 17.0. The van der Waals surface area contributed by atoms with E-state index in [-0.39, 0.29) is 5.91 Å². The predicted molar refractivity (Wildman–Crippen MR) is 107 cm³/mol. The molecular formula is C22H20N4O. The van der Waals surface area contributed by atoms with Crippen LogP contribution in [-0.2, 0) is 6.54 Å². The van der Waals surface area contributed by atoms with Gasteiger partial charge in [-0.05, 0) is 11.6 Å². The smallest absolute Gasteiger partial charge is 0.254 e. The summed E-state index contributed by atoms with van der Waals surface area (Å²) in [6, 6.07) is 21.9. The van der Waals surface area contributed by atoms with Crippen molar-refractivity contribution in [1.29, 1.82) is 0 Å². The Balaban J connectivity index is 1.90. The fourth-order valence-electron chi connectivity index (χ4n) is 3.09. The van der Waals surface area contributed by atoms with Crippen molar-refractivity contribution in [3.8, 4) is 11.3 Å². The molecule has 0 unspecified atom stereocenters. The SMILES string of the molecule is CN(C)C(=O)c1cc(-c2ccccc2)nc2c1cnn2Cc1ccccc1. The molecule has 0 fully saturated rings. The van der Waals surface area contributed by atoms with Gasteiger partial charge in [-0.3, -0.25) is 4.79 Å². The largest absolute Gasteiger partial charge is 0.345 e. The summed E-state index contributed by atoms with van der Waals surface area (Å²) >= 11 is 0. The first-order chi connectivity index (χ1) is 13.1. The highest BCUT2D eigenvalue weighted by Crippen LogP contribution is 2.26. The van der Waals surface area contributed by atoms with E-state index in [1.807, 2.05) is 59.3 Å². The molecule has 4 rings (SSSR count). The molecule has 0 N–H and O–H groups in total. The summed E-state index contributed by atoms with van der Waals surface area (Å²) in [5.74, 6) is -0.0566. The number of nitrogens with zero attached hydrogens (tertiary/aromatic N) is 4. The van der Waals surface area contributed by atoms with Gasteiger partial charge < -0.3 is 4.90 Å². The summed E-state index contributed by atoms with van der Waals surface area (Å²) in [4.78, 5) is 19.2. The number of fused-ring (bicyclic) bond motifs is 1. The maximum atomic E-state index is 12.8. The summed E-state index contributed by atoms with van der Waals surface area (Å²) in [6.45, 7) is 0.602. The van der Waals surface area contributed by atoms with Gasteiger partial charge in [0.2, 0.25) is 0 Å². The van der Waals surface area contributed by atoms with Crippen molar-refractivity contribution in [3.63, 3.8) is 0 Å². The zero-order chi connectivity index (χ0) is 18.8. The molecule has 2 heterocycles. The van der Waals surface area contributed by atoms with E-state index < -0.39 is 0 Å². The van der Waals surface area contributed by atoms with E-state index in [0.717, 1.165) is 22.2 Å². The molecule has 0 radical (unpaired) electrons. The predicted octanol–water partition coefficient (Wildman–Crippen LogP) is 3.85. The lowest BCUT2D eigenvalue weighted by Gasteiger charge is -2.13. The second-order valence-electron chi connectivity index (χ2n) is 6.65. The van der Waals surface area contributed by atoms with Crippen LogP contribution in [0.15, 0.2) is 72.9 Å². The minimum atomic E-state index is -0.0566. The summed E-state index contributed by atoms with van der Waals surface area (Å²) in [7, 11) is 3.51. The van der Waals surface area contributed by atoms with Gasteiger partial charge in [0.05, 0.1) is 29.4 Å². The van der Waals surface area contributed by atoms with Gasteiger partial charge in [-0.2, -0.15) is 5.10 Å². The van der Waals surface area contributed by atoms with Gasteiger partial charge in [-0.25, -0.2) is 9.67 Å². The van der Waals surface area contributed by atoms with Crippen LogP contribution < -0.4 is 0 Å². The van der Waals surface area contributed by atoms with Crippen LogP contribution in [0.1, 0.15) is 15.9 Å². The van der Waals surface area contributed by atoms with Crippen molar-refractivity contribution >= 4 is 16.9 Å². The maximum absolute atomic E-state index is 12.8. The number of carbonyl (C=O) groups is 1. The molecular weight excluding hydrogens is 336 g/mol. The zero-order valence-electron chi connectivity index (χ0n) is 15.3. The first-order valence-electron chi connectivity index (χ1n) is 8.81. The van der Waals surface area contributed by atoms with Crippen LogP contribution in [0, 0.1) is 0 Å². The Morgan fingerprint density at radius 2 is 1.67 bits per heavy atom. The van der Waals surface area contributed by atoms with Crippen LogP contribution in [-0.4, -0.2) is 39.7 Å². The van der Waals surface area contributed by atoms with Crippen LogP contribution >= 0.6 is 0 Å². The average Bonchev–Trinajstić information content (AvgIpc) is 3.11. The van der Waals surface area contributed by atoms with Crippen molar-refractivity contribution in [2.75, 3.05) is 14.1 Å². The molecule has 4 aromatic rings. The third kappa shape index (κ3) is 3.31. The number of rotatable bonds is 4. The monoisotopic (exact) mass is 356 g/mol. The van der Waals surface area contributed by atoms with Crippen molar-refractivity contribution in [2.45, 2.75) is 6.54 Å². The molecule has 0 saturated carbocycles. The quantitative estimate of drug-likeness (QED) is 0.558. The standard InChI is InChI=1S/C22H20N4O/c1-25(2)22(27)18-13-20(17-11-7-4-8-12-17)24-21-19(18)14-23-26(21)15-16-9-5-3-6-10-16/h3-14H,15H2,1-2H3.